The molecule has 120 valence electrons. The van der Waals surface area contributed by atoms with Crippen LogP contribution >= 0.6 is 0 Å². The molecule has 0 aliphatic heterocycles. The number of aryl methyl sites for hydroxylation is 1. The number of rotatable bonds is 11. The highest BCUT2D eigenvalue weighted by molar-refractivity contribution is 5.27. The smallest absolute Gasteiger partial charge is 0.0868 e. The van der Waals surface area contributed by atoms with Crippen LogP contribution in [0.4, 0.5) is 0 Å². The largest absolute Gasteiger partial charge is 0.385 e. The van der Waals surface area contributed by atoms with Gasteiger partial charge in [-0.05, 0) is 37.3 Å². The van der Waals surface area contributed by atoms with Crippen LogP contribution in [0.1, 0.15) is 89.7 Å². The second-order valence-corrected chi connectivity index (χ2v) is 6.60. The standard InChI is InChI=1S/C20H34O/c1-4-6-8-9-10-11-16-20(3,21)19-15-12-14-18(17-19)13-7-5-2/h12,14-15,17,21H,4-11,13,16H2,1-3H3. The molecule has 21 heavy (non-hydrogen) atoms. The van der Waals surface area contributed by atoms with E-state index in [1.807, 2.05) is 6.92 Å². The van der Waals surface area contributed by atoms with Gasteiger partial charge in [-0.25, -0.2) is 0 Å². The summed E-state index contributed by atoms with van der Waals surface area (Å²) in [5, 5.41) is 10.7. The summed E-state index contributed by atoms with van der Waals surface area (Å²) in [6.45, 7) is 6.44. The van der Waals surface area contributed by atoms with E-state index < -0.39 is 5.60 Å². The SMILES string of the molecule is CCCCCCCCC(C)(O)c1cccc(CCCC)c1. The van der Waals surface area contributed by atoms with Gasteiger partial charge in [0.2, 0.25) is 0 Å². The molecule has 0 saturated carbocycles. The van der Waals surface area contributed by atoms with E-state index in [0.717, 1.165) is 24.8 Å². The highest BCUT2D eigenvalue weighted by Gasteiger charge is 2.22. The fraction of sp³-hybridized carbons (Fsp3) is 0.700. The van der Waals surface area contributed by atoms with Gasteiger partial charge in [-0.2, -0.15) is 0 Å². The predicted molar refractivity (Wildman–Crippen MR) is 92.6 cm³/mol. The van der Waals surface area contributed by atoms with Gasteiger partial charge in [0.25, 0.3) is 0 Å². The zero-order valence-electron chi connectivity index (χ0n) is 14.3. The van der Waals surface area contributed by atoms with Crippen molar-refractivity contribution in [3.8, 4) is 0 Å². The normalized spacial score (nSPS) is 14.1. The van der Waals surface area contributed by atoms with Crippen LogP contribution in [-0.2, 0) is 12.0 Å². The molecule has 1 atom stereocenters. The van der Waals surface area contributed by atoms with E-state index in [1.165, 1.54) is 50.5 Å². The first-order valence-corrected chi connectivity index (χ1v) is 8.92. The third kappa shape index (κ3) is 7.13. The molecule has 1 nitrogen and oxygen atoms in total. The summed E-state index contributed by atoms with van der Waals surface area (Å²) in [6, 6.07) is 8.55. The third-order valence-electron chi connectivity index (χ3n) is 4.39. The molecule has 0 aromatic heterocycles. The molecule has 1 N–H and O–H groups in total. The molecule has 0 radical (unpaired) electrons. The molecule has 1 aromatic rings. The number of hydrogen-bond acceptors (Lipinski definition) is 1. The van der Waals surface area contributed by atoms with E-state index in [1.54, 1.807) is 0 Å². The Labute approximate surface area is 131 Å². The van der Waals surface area contributed by atoms with Crippen LogP contribution < -0.4 is 0 Å². The Morgan fingerprint density at radius 1 is 0.905 bits per heavy atom. The summed E-state index contributed by atoms with van der Waals surface area (Å²) in [6.07, 6.45) is 12.1. The lowest BCUT2D eigenvalue weighted by molar-refractivity contribution is 0.0447. The van der Waals surface area contributed by atoms with Crippen molar-refractivity contribution >= 4 is 0 Å². The number of aliphatic hydroxyl groups is 1. The van der Waals surface area contributed by atoms with Crippen molar-refractivity contribution in [3.05, 3.63) is 35.4 Å². The van der Waals surface area contributed by atoms with Crippen molar-refractivity contribution in [3.63, 3.8) is 0 Å². The maximum absolute atomic E-state index is 10.7. The summed E-state index contributed by atoms with van der Waals surface area (Å²) in [4.78, 5) is 0. The van der Waals surface area contributed by atoms with Crippen LogP contribution in [-0.4, -0.2) is 5.11 Å². The molecule has 1 unspecified atom stereocenters. The summed E-state index contributed by atoms with van der Waals surface area (Å²) in [7, 11) is 0. The second-order valence-electron chi connectivity index (χ2n) is 6.60. The van der Waals surface area contributed by atoms with Gasteiger partial charge < -0.3 is 5.11 Å². The van der Waals surface area contributed by atoms with Gasteiger partial charge in [0.05, 0.1) is 5.60 Å². The van der Waals surface area contributed by atoms with Crippen molar-refractivity contribution in [2.24, 2.45) is 0 Å². The predicted octanol–water partition coefficient (Wildman–Crippen LogP) is 5.99. The van der Waals surface area contributed by atoms with Gasteiger partial charge >= 0.3 is 0 Å². The van der Waals surface area contributed by atoms with E-state index in [0.29, 0.717) is 0 Å². The molecular weight excluding hydrogens is 256 g/mol. The number of hydrogen-bond donors (Lipinski definition) is 1. The maximum atomic E-state index is 10.7. The maximum Gasteiger partial charge on any atom is 0.0868 e. The lowest BCUT2D eigenvalue weighted by atomic mass is 9.88. The van der Waals surface area contributed by atoms with Gasteiger partial charge in [-0.3, -0.25) is 0 Å². The van der Waals surface area contributed by atoms with E-state index in [4.69, 9.17) is 0 Å². The molecule has 1 aromatic carbocycles. The monoisotopic (exact) mass is 290 g/mol. The first kappa shape index (κ1) is 18.2. The fourth-order valence-electron chi connectivity index (χ4n) is 2.84. The average molecular weight is 290 g/mol. The Bertz CT molecular complexity index is 381. The minimum absolute atomic E-state index is 0.674. The van der Waals surface area contributed by atoms with Crippen molar-refractivity contribution in [2.75, 3.05) is 0 Å². The number of unbranched alkanes of at least 4 members (excludes halogenated alkanes) is 6. The number of benzene rings is 1. The van der Waals surface area contributed by atoms with Gasteiger partial charge in [0.1, 0.15) is 0 Å². The van der Waals surface area contributed by atoms with Crippen LogP contribution in [0.25, 0.3) is 0 Å². The van der Waals surface area contributed by atoms with Crippen molar-refractivity contribution in [1.29, 1.82) is 0 Å². The second kappa shape index (κ2) is 10.00. The summed E-state index contributed by atoms with van der Waals surface area (Å²) in [5.41, 5.74) is 1.77. The fourth-order valence-corrected chi connectivity index (χ4v) is 2.84. The zero-order valence-corrected chi connectivity index (χ0v) is 14.3. The quantitative estimate of drug-likeness (QED) is 0.496. The Kier molecular flexibility index (Phi) is 8.68. The minimum Gasteiger partial charge on any atom is -0.385 e. The molecule has 1 rings (SSSR count). The molecule has 0 saturated heterocycles. The summed E-state index contributed by atoms with van der Waals surface area (Å²) >= 11 is 0. The van der Waals surface area contributed by atoms with Gasteiger partial charge in [-0.1, -0.05) is 83.1 Å². The molecule has 0 fully saturated rings. The zero-order chi connectivity index (χ0) is 15.6. The Hall–Kier alpha value is -0.820. The molecular formula is C20H34O. The first-order chi connectivity index (χ1) is 10.1. The van der Waals surface area contributed by atoms with Crippen LogP contribution in [0.2, 0.25) is 0 Å². The van der Waals surface area contributed by atoms with Crippen LogP contribution in [0.3, 0.4) is 0 Å². The van der Waals surface area contributed by atoms with E-state index in [2.05, 4.69) is 38.1 Å². The van der Waals surface area contributed by atoms with Crippen LogP contribution in [0.15, 0.2) is 24.3 Å². The van der Waals surface area contributed by atoms with Crippen LogP contribution in [0.5, 0.6) is 0 Å². The molecule has 0 spiro atoms. The molecule has 1 heteroatoms. The van der Waals surface area contributed by atoms with Gasteiger partial charge in [-0.15, -0.1) is 0 Å². The first-order valence-electron chi connectivity index (χ1n) is 8.92. The average Bonchev–Trinajstić information content (AvgIpc) is 2.49. The molecule has 0 aliphatic rings. The highest BCUT2D eigenvalue weighted by atomic mass is 16.3. The lowest BCUT2D eigenvalue weighted by Crippen LogP contribution is -2.21. The van der Waals surface area contributed by atoms with E-state index >= 15 is 0 Å². The Morgan fingerprint density at radius 3 is 2.29 bits per heavy atom. The van der Waals surface area contributed by atoms with Crippen molar-refractivity contribution < 1.29 is 5.11 Å². The third-order valence-corrected chi connectivity index (χ3v) is 4.39. The molecule has 0 heterocycles. The van der Waals surface area contributed by atoms with E-state index in [9.17, 15) is 5.11 Å². The van der Waals surface area contributed by atoms with Gasteiger partial charge in [0.15, 0.2) is 0 Å². The summed E-state index contributed by atoms with van der Waals surface area (Å²) < 4.78 is 0. The molecule has 0 aliphatic carbocycles. The topological polar surface area (TPSA) is 20.2 Å². The highest BCUT2D eigenvalue weighted by Crippen LogP contribution is 2.28. The molecule has 0 bridgehead atoms. The van der Waals surface area contributed by atoms with Crippen molar-refractivity contribution in [1.82, 2.24) is 0 Å². The Morgan fingerprint density at radius 2 is 1.57 bits per heavy atom. The Balaban J connectivity index is 2.45. The molecule has 0 amide bonds. The minimum atomic E-state index is -0.674. The van der Waals surface area contributed by atoms with Crippen LogP contribution in [0, 0.1) is 0 Å². The van der Waals surface area contributed by atoms with E-state index in [-0.39, 0.29) is 0 Å². The lowest BCUT2D eigenvalue weighted by Gasteiger charge is -2.24. The van der Waals surface area contributed by atoms with Gasteiger partial charge in [0, 0.05) is 0 Å². The summed E-state index contributed by atoms with van der Waals surface area (Å²) in [5.74, 6) is 0. The van der Waals surface area contributed by atoms with Crippen molar-refractivity contribution in [2.45, 2.75) is 90.6 Å².